The zero-order valence-electron chi connectivity index (χ0n) is 13.3. The Kier molecular flexibility index (Phi) is 5.31. The molecule has 3 aromatic rings. The molecule has 3 rings (SSSR count). The summed E-state index contributed by atoms with van der Waals surface area (Å²) in [6, 6.07) is 21.0. The summed E-state index contributed by atoms with van der Waals surface area (Å²) in [4.78, 5) is 12.3. The fraction of sp³-hybridized carbons (Fsp3) is 0.105. The Morgan fingerprint density at radius 3 is 2.16 bits per heavy atom. The van der Waals surface area contributed by atoms with E-state index in [1.54, 1.807) is 66.0 Å². The molecule has 1 N–H and O–H groups in total. The molecule has 0 aliphatic rings. The standard InChI is InChI=1S/C19H17NO3S2/c21-19(16-10-5-2-6-11-16)20-14-17(15-8-3-1-4-9-15)25(22,23)18-12-7-13-24-18/h1-13,17H,14H2,(H,20,21). The first-order valence-corrected chi connectivity index (χ1v) is 10.2. The molecule has 2 aromatic carbocycles. The third-order valence-corrected chi connectivity index (χ3v) is 7.34. The molecular weight excluding hydrogens is 354 g/mol. The fourth-order valence-electron chi connectivity index (χ4n) is 2.52. The molecule has 1 atom stereocenters. The maximum Gasteiger partial charge on any atom is 0.251 e. The number of hydrogen-bond acceptors (Lipinski definition) is 4. The minimum absolute atomic E-state index is 0.0119. The van der Waals surface area contributed by atoms with E-state index in [-0.39, 0.29) is 12.5 Å². The summed E-state index contributed by atoms with van der Waals surface area (Å²) in [5, 5.41) is 3.65. The maximum absolute atomic E-state index is 13.0. The Morgan fingerprint density at radius 1 is 0.920 bits per heavy atom. The van der Waals surface area contributed by atoms with Crippen LogP contribution in [0.1, 0.15) is 21.2 Å². The molecule has 6 heteroatoms. The van der Waals surface area contributed by atoms with Gasteiger partial charge in [-0.1, -0.05) is 54.6 Å². The van der Waals surface area contributed by atoms with Crippen molar-refractivity contribution in [2.45, 2.75) is 9.46 Å². The molecule has 0 radical (unpaired) electrons. The highest BCUT2D eigenvalue weighted by molar-refractivity contribution is 7.93. The third-order valence-electron chi connectivity index (χ3n) is 3.81. The first-order chi connectivity index (χ1) is 12.1. The molecule has 0 spiro atoms. The maximum atomic E-state index is 13.0. The number of amides is 1. The van der Waals surface area contributed by atoms with Gasteiger partial charge < -0.3 is 5.32 Å². The van der Waals surface area contributed by atoms with Gasteiger partial charge in [-0.2, -0.15) is 0 Å². The quantitative estimate of drug-likeness (QED) is 0.719. The van der Waals surface area contributed by atoms with Crippen molar-refractivity contribution in [3.05, 3.63) is 89.3 Å². The molecule has 25 heavy (non-hydrogen) atoms. The second kappa shape index (κ2) is 7.63. The smallest absolute Gasteiger partial charge is 0.251 e. The van der Waals surface area contributed by atoms with Gasteiger partial charge in [-0.15, -0.1) is 11.3 Å². The number of hydrogen-bond donors (Lipinski definition) is 1. The highest BCUT2D eigenvalue weighted by Gasteiger charge is 2.30. The van der Waals surface area contributed by atoms with E-state index in [0.29, 0.717) is 15.3 Å². The average Bonchev–Trinajstić information content (AvgIpc) is 3.19. The highest BCUT2D eigenvalue weighted by Crippen LogP contribution is 2.31. The lowest BCUT2D eigenvalue weighted by molar-refractivity contribution is 0.0953. The summed E-state index contributed by atoms with van der Waals surface area (Å²) < 4.78 is 26.3. The second-order valence-corrected chi connectivity index (χ2v) is 8.76. The molecule has 0 aliphatic heterocycles. The van der Waals surface area contributed by atoms with Crippen LogP contribution in [0.2, 0.25) is 0 Å². The van der Waals surface area contributed by atoms with Crippen LogP contribution in [0.3, 0.4) is 0 Å². The van der Waals surface area contributed by atoms with E-state index in [1.807, 2.05) is 12.1 Å². The van der Waals surface area contributed by atoms with Crippen LogP contribution >= 0.6 is 11.3 Å². The summed E-state index contributed by atoms with van der Waals surface area (Å²) >= 11 is 1.18. The molecule has 1 amide bonds. The number of carbonyl (C=O) groups is 1. The van der Waals surface area contributed by atoms with Crippen molar-refractivity contribution in [2.24, 2.45) is 0 Å². The average molecular weight is 371 g/mol. The highest BCUT2D eigenvalue weighted by atomic mass is 32.2. The Morgan fingerprint density at radius 2 is 1.56 bits per heavy atom. The first kappa shape index (κ1) is 17.4. The van der Waals surface area contributed by atoms with Gasteiger partial charge in [-0.3, -0.25) is 4.79 Å². The van der Waals surface area contributed by atoms with Crippen molar-refractivity contribution < 1.29 is 13.2 Å². The lowest BCUT2D eigenvalue weighted by Crippen LogP contribution is -2.31. The molecule has 1 aromatic heterocycles. The van der Waals surface area contributed by atoms with Crippen molar-refractivity contribution in [2.75, 3.05) is 6.54 Å². The van der Waals surface area contributed by atoms with E-state index in [2.05, 4.69) is 5.32 Å². The van der Waals surface area contributed by atoms with E-state index >= 15 is 0 Å². The van der Waals surface area contributed by atoms with Gasteiger partial charge in [0.1, 0.15) is 9.46 Å². The van der Waals surface area contributed by atoms with Crippen molar-refractivity contribution in [1.82, 2.24) is 5.32 Å². The summed E-state index contributed by atoms with van der Waals surface area (Å²) in [5.74, 6) is -0.289. The van der Waals surface area contributed by atoms with Crippen LogP contribution < -0.4 is 5.32 Å². The normalized spacial score (nSPS) is 12.5. The summed E-state index contributed by atoms with van der Waals surface area (Å²) in [7, 11) is -3.58. The van der Waals surface area contributed by atoms with E-state index in [0.717, 1.165) is 0 Å². The SMILES string of the molecule is O=C(NCC(c1ccccc1)S(=O)(=O)c1cccs1)c1ccccc1. The van der Waals surface area contributed by atoms with Gasteiger partial charge in [-0.05, 0) is 29.1 Å². The van der Waals surface area contributed by atoms with Crippen molar-refractivity contribution in [3.63, 3.8) is 0 Å². The van der Waals surface area contributed by atoms with Crippen LogP contribution in [0.25, 0.3) is 0 Å². The van der Waals surface area contributed by atoms with Gasteiger partial charge in [0.05, 0.1) is 0 Å². The van der Waals surface area contributed by atoms with Gasteiger partial charge >= 0.3 is 0 Å². The number of benzene rings is 2. The number of carbonyl (C=O) groups excluding carboxylic acids is 1. The molecule has 1 unspecified atom stereocenters. The van der Waals surface area contributed by atoms with Crippen LogP contribution in [0, 0.1) is 0 Å². The molecular formula is C19H17NO3S2. The van der Waals surface area contributed by atoms with Crippen LogP contribution in [-0.4, -0.2) is 20.9 Å². The molecule has 0 saturated carbocycles. The van der Waals surface area contributed by atoms with Gasteiger partial charge in [-0.25, -0.2) is 8.42 Å². The van der Waals surface area contributed by atoms with Crippen molar-refractivity contribution in [3.8, 4) is 0 Å². The monoisotopic (exact) mass is 371 g/mol. The molecule has 0 fully saturated rings. The fourth-order valence-corrected chi connectivity index (χ4v) is 5.38. The first-order valence-electron chi connectivity index (χ1n) is 7.74. The Bertz CT molecular complexity index is 921. The minimum Gasteiger partial charge on any atom is -0.350 e. The van der Waals surface area contributed by atoms with E-state index < -0.39 is 15.1 Å². The number of sulfone groups is 1. The lowest BCUT2D eigenvalue weighted by Gasteiger charge is -2.18. The van der Waals surface area contributed by atoms with Gasteiger partial charge in [0, 0.05) is 12.1 Å². The van der Waals surface area contributed by atoms with E-state index in [4.69, 9.17) is 0 Å². The van der Waals surface area contributed by atoms with Crippen LogP contribution in [0.4, 0.5) is 0 Å². The largest absolute Gasteiger partial charge is 0.350 e. The number of nitrogens with one attached hydrogen (secondary N) is 1. The van der Waals surface area contributed by atoms with Crippen LogP contribution in [0.15, 0.2) is 82.4 Å². The summed E-state index contributed by atoms with van der Waals surface area (Å²) in [6.07, 6.45) is 0. The van der Waals surface area contributed by atoms with Crippen LogP contribution in [-0.2, 0) is 9.84 Å². The van der Waals surface area contributed by atoms with Gasteiger partial charge in [0.15, 0.2) is 9.84 Å². The molecule has 4 nitrogen and oxygen atoms in total. The van der Waals surface area contributed by atoms with Crippen molar-refractivity contribution in [1.29, 1.82) is 0 Å². The molecule has 0 aliphatic carbocycles. The third kappa shape index (κ3) is 3.97. The zero-order valence-corrected chi connectivity index (χ0v) is 15.0. The Balaban J connectivity index is 1.87. The van der Waals surface area contributed by atoms with E-state index in [1.165, 1.54) is 11.3 Å². The Labute approximate surface area is 151 Å². The number of rotatable bonds is 6. The topological polar surface area (TPSA) is 63.2 Å². The number of thiophene rings is 1. The van der Waals surface area contributed by atoms with Gasteiger partial charge in [0.25, 0.3) is 5.91 Å². The molecule has 1 heterocycles. The predicted octanol–water partition coefficient (Wildman–Crippen LogP) is 3.69. The molecule has 128 valence electrons. The van der Waals surface area contributed by atoms with Crippen molar-refractivity contribution >= 4 is 27.1 Å². The van der Waals surface area contributed by atoms with Gasteiger partial charge in [0.2, 0.25) is 0 Å². The minimum atomic E-state index is -3.58. The summed E-state index contributed by atoms with van der Waals surface area (Å²) in [5.41, 5.74) is 1.16. The Hall–Kier alpha value is -2.44. The second-order valence-electron chi connectivity index (χ2n) is 5.45. The lowest BCUT2D eigenvalue weighted by atomic mass is 10.1. The summed E-state index contributed by atoms with van der Waals surface area (Å²) in [6.45, 7) is 0.0119. The predicted molar refractivity (Wildman–Crippen MR) is 99.5 cm³/mol. The van der Waals surface area contributed by atoms with Crippen LogP contribution in [0.5, 0.6) is 0 Å². The molecule has 0 saturated heterocycles. The zero-order chi connectivity index (χ0) is 17.7. The molecule has 0 bridgehead atoms. The van der Waals surface area contributed by atoms with E-state index in [9.17, 15) is 13.2 Å².